The fourth-order valence-electron chi connectivity index (χ4n) is 3.17. The van der Waals surface area contributed by atoms with Gasteiger partial charge in [-0.2, -0.15) is 0 Å². The van der Waals surface area contributed by atoms with Crippen LogP contribution in [0.3, 0.4) is 0 Å². The van der Waals surface area contributed by atoms with Gasteiger partial charge in [-0.15, -0.1) is 0 Å². The van der Waals surface area contributed by atoms with Gasteiger partial charge in [0.05, 0.1) is 0 Å². The smallest absolute Gasteiger partial charge is 0.125 e. The number of hydrogen-bond donors (Lipinski definition) is 1. The van der Waals surface area contributed by atoms with Gasteiger partial charge in [0, 0.05) is 25.3 Å². The average molecular weight is 295 g/mol. The quantitative estimate of drug-likeness (QED) is 0.864. The van der Waals surface area contributed by atoms with Crippen molar-refractivity contribution in [3.8, 4) is 0 Å². The lowest BCUT2D eigenvalue weighted by Crippen LogP contribution is -2.22. The standard InChI is InChI=1S/C19H25N3/c1-2-12-20-19-11-10-17(14-21-19)18-9-6-13-22(18)15-16-7-4-3-5-8-16/h3-5,7-8,10-11,14,18H,2,6,9,12-13,15H2,1H3,(H,20,21)/t18-/m0/s1. The van der Waals surface area contributed by atoms with Crippen molar-refractivity contribution < 1.29 is 0 Å². The molecule has 0 amide bonds. The second-order valence-electron chi connectivity index (χ2n) is 6.02. The molecule has 3 heteroatoms. The second-order valence-corrected chi connectivity index (χ2v) is 6.02. The molecule has 1 N–H and O–H groups in total. The maximum absolute atomic E-state index is 4.56. The summed E-state index contributed by atoms with van der Waals surface area (Å²) in [5.74, 6) is 0.984. The van der Waals surface area contributed by atoms with Crippen LogP contribution < -0.4 is 5.32 Å². The summed E-state index contributed by atoms with van der Waals surface area (Å²) in [6.07, 6.45) is 5.67. The van der Waals surface area contributed by atoms with Crippen LogP contribution in [0.15, 0.2) is 48.7 Å². The van der Waals surface area contributed by atoms with Gasteiger partial charge in [0.15, 0.2) is 0 Å². The number of anilines is 1. The highest BCUT2D eigenvalue weighted by atomic mass is 15.2. The van der Waals surface area contributed by atoms with E-state index in [1.165, 1.54) is 30.5 Å². The maximum atomic E-state index is 4.56. The number of benzene rings is 1. The van der Waals surface area contributed by atoms with Gasteiger partial charge in [-0.05, 0) is 43.0 Å². The summed E-state index contributed by atoms with van der Waals surface area (Å²) in [4.78, 5) is 7.14. The molecule has 2 heterocycles. The van der Waals surface area contributed by atoms with E-state index in [1.807, 2.05) is 6.20 Å². The maximum Gasteiger partial charge on any atom is 0.125 e. The monoisotopic (exact) mass is 295 g/mol. The molecule has 0 saturated carbocycles. The van der Waals surface area contributed by atoms with E-state index in [0.717, 1.165) is 25.3 Å². The molecule has 1 aromatic heterocycles. The van der Waals surface area contributed by atoms with E-state index >= 15 is 0 Å². The van der Waals surface area contributed by atoms with Gasteiger partial charge in [0.2, 0.25) is 0 Å². The van der Waals surface area contributed by atoms with E-state index in [9.17, 15) is 0 Å². The van der Waals surface area contributed by atoms with Crippen LogP contribution in [0.4, 0.5) is 5.82 Å². The van der Waals surface area contributed by atoms with Crippen LogP contribution in [-0.4, -0.2) is 23.0 Å². The normalized spacial score (nSPS) is 18.5. The third-order valence-electron chi connectivity index (χ3n) is 4.32. The van der Waals surface area contributed by atoms with Crippen LogP contribution in [0.5, 0.6) is 0 Å². The van der Waals surface area contributed by atoms with Gasteiger partial charge in [-0.1, -0.05) is 43.3 Å². The number of rotatable bonds is 6. The summed E-state index contributed by atoms with van der Waals surface area (Å²) < 4.78 is 0. The summed E-state index contributed by atoms with van der Waals surface area (Å²) in [7, 11) is 0. The van der Waals surface area contributed by atoms with Crippen molar-refractivity contribution in [1.82, 2.24) is 9.88 Å². The predicted molar refractivity (Wildman–Crippen MR) is 91.8 cm³/mol. The van der Waals surface area contributed by atoms with Crippen LogP contribution in [0.1, 0.15) is 43.4 Å². The molecular formula is C19H25N3. The Morgan fingerprint density at radius 1 is 1.18 bits per heavy atom. The predicted octanol–water partition coefficient (Wildman–Crippen LogP) is 4.24. The molecule has 116 valence electrons. The molecule has 0 radical (unpaired) electrons. The summed E-state index contributed by atoms with van der Waals surface area (Å²) in [6, 6.07) is 15.6. The summed E-state index contributed by atoms with van der Waals surface area (Å²) in [5.41, 5.74) is 2.74. The van der Waals surface area contributed by atoms with Crippen LogP contribution in [0.2, 0.25) is 0 Å². The topological polar surface area (TPSA) is 28.2 Å². The van der Waals surface area contributed by atoms with Crippen LogP contribution in [0.25, 0.3) is 0 Å². The van der Waals surface area contributed by atoms with E-state index in [0.29, 0.717) is 6.04 Å². The van der Waals surface area contributed by atoms with Gasteiger partial charge in [-0.3, -0.25) is 4.90 Å². The zero-order valence-corrected chi connectivity index (χ0v) is 13.3. The van der Waals surface area contributed by atoms with Gasteiger partial charge >= 0.3 is 0 Å². The highest BCUT2D eigenvalue weighted by molar-refractivity contribution is 5.36. The summed E-state index contributed by atoms with van der Waals surface area (Å²) >= 11 is 0. The Hall–Kier alpha value is -1.87. The molecule has 1 saturated heterocycles. The van der Waals surface area contributed by atoms with E-state index in [1.54, 1.807) is 0 Å². The summed E-state index contributed by atoms with van der Waals surface area (Å²) in [6.45, 7) is 5.36. The fourth-order valence-corrected chi connectivity index (χ4v) is 3.17. The molecule has 22 heavy (non-hydrogen) atoms. The Bertz CT molecular complexity index is 565. The van der Waals surface area contributed by atoms with Crippen molar-refractivity contribution >= 4 is 5.82 Å². The first kappa shape index (κ1) is 15.0. The Morgan fingerprint density at radius 3 is 2.77 bits per heavy atom. The molecule has 0 unspecified atom stereocenters. The zero-order valence-electron chi connectivity index (χ0n) is 13.3. The van der Waals surface area contributed by atoms with Crippen LogP contribution >= 0.6 is 0 Å². The van der Waals surface area contributed by atoms with E-state index < -0.39 is 0 Å². The molecule has 0 bridgehead atoms. The van der Waals surface area contributed by atoms with Gasteiger partial charge in [0.1, 0.15) is 5.82 Å². The molecule has 1 atom stereocenters. The average Bonchev–Trinajstić information content (AvgIpc) is 3.02. The van der Waals surface area contributed by atoms with Gasteiger partial charge in [0.25, 0.3) is 0 Å². The molecule has 2 aromatic rings. The number of aromatic nitrogens is 1. The molecule has 1 aliphatic rings. The van der Waals surface area contributed by atoms with Crippen molar-refractivity contribution in [2.45, 2.75) is 38.8 Å². The number of nitrogens with zero attached hydrogens (tertiary/aromatic N) is 2. The van der Waals surface area contributed by atoms with Crippen molar-refractivity contribution in [2.24, 2.45) is 0 Å². The van der Waals surface area contributed by atoms with E-state index in [4.69, 9.17) is 0 Å². The Kier molecular flexibility index (Phi) is 5.07. The Balaban J connectivity index is 1.67. The molecule has 0 aliphatic carbocycles. The minimum Gasteiger partial charge on any atom is -0.370 e. The summed E-state index contributed by atoms with van der Waals surface area (Å²) in [5, 5.41) is 3.34. The molecule has 1 aromatic carbocycles. The highest BCUT2D eigenvalue weighted by Gasteiger charge is 2.26. The van der Waals surface area contributed by atoms with Gasteiger partial charge in [-0.25, -0.2) is 4.98 Å². The number of likely N-dealkylation sites (tertiary alicyclic amines) is 1. The fraction of sp³-hybridized carbons (Fsp3) is 0.421. The minimum atomic E-state index is 0.507. The largest absolute Gasteiger partial charge is 0.370 e. The van der Waals surface area contributed by atoms with E-state index in [2.05, 4.69) is 64.6 Å². The van der Waals surface area contributed by atoms with Crippen molar-refractivity contribution in [1.29, 1.82) is 0 Å². The Labute approximate surface area is 133 Å². The lowest BCUT2D eigenvalue weighted by atomic mass is 10.1. The molecular weight excluding hydrogens is 270 g/mol. The lowest BCUT2D eigenvalue weighted by Gasteiger charge is -2.24. The van der Waals surface area contributed by atoms with E-state index in [-0.39, 0.29) is 0 Å². The zero-order chi connectivity index (χ0) is 15.2. The van der Waals surface area contributed by atoms with Crippen molar-refractivity contribution in [3.05, 3.63) is 59.8 Å². The molecule has 1 aliphatic heterocycles. The van der Waals surface area contributed by atoms with Crippen molar-refractivity contribution in [3.63, 3.8) is 0 Å². The molecule has 0 spiro atoms. The van der Waals surface area contributed by atoms with Crippen LogP contribution in [-0.2, 0) is 6.54 Å². The lowest BCUT2D eigenvalue weighted by molar-refractivity contribution is 0.248. The third kappa shape index (κ3) is 3.66. The second kappa shape index (κ2) is 7.41. The molecule has 3 nitrogen and oxygen atoms in total. The number of hydrogen-bond acceptors (Lipinski definition) is 3. The Morgan fingerprint density at radius 2 is 2.05 bits per heavy atom. The highest BCUT2D eigenvalue weighted by Crippen LogP contribution is 2.33. The SMILES string of the molecule is CCCNc1ccc([C@@H]2CCCN2Cc2ccccc2)cn1. The minimum absolute atomic E-state index is 0.507. The molecule has 1 fully saturated rings. The van der Waals surface area contributed by atoms with Gasteiger partial charge < -0.3 is 5.32 Å². The first-order chi connectivity index (χ1) is 10.9. The number of nitrogens with one attached hydrogen (secondary N) is 1. The third-order valence-corrected chi connectivity index (χ3v) is 4.32. The first-order valence-electron chi connectivity index (χ1n) is 8.34. The van der Waals surface area contributed by atoms with Crippen LogP contribution in [0, 0.1) is 0 Å². The first-order valence-corrected chi connectivity index (χ1v) is 8.34. The molecule has 3 rings (SSSR count). The number of pyridine rings is 1. The van der Waals surface area contributed by atoms with Crippen molar-refractivity contribution in [2.75, 3.05) is 18.4 Å².